The van der Waals surface area contributed by atoms with E-state index in [0.717, 1.165) is 49.8 Å². The molecule has 1 aliphatic heterocycles. The highest BCUT2D eigenvalue weighted by Gasteiger charge is 2.71. The lowest BCUT2D eigenvalue weighted by molar-refractivity contribution is -0.179. The van der Waals surface area contributed by atoms with Crippen LogP contribution in [0.25, 0.3) is 0 Å². The van der Waals surface area contributed by atoms with Gasteiger partial charge in [-0.1, -0.05) is 168 Å². The van der Waals surface area contributed by atoms with Crippen molar-refractivity contribution < 1.29 is 29.4 Å². The van der Waals surface area contributed by atoms with Crippen molar-refractivity contribution in [2.24, 2.45) is 0 Å². The second-order valence-corrected chi connectivity index (χ2v) is 14.1. The van der Waals surface area contributed by atoms with E-state index in [1.807, 2.05) is 0 Å². The van der Waals surface area contributed by atoms with Crippen LogP contribution in [-0.4, -0.2) is 56.2 Å². The number of aliphatic carboxylic acids is 1. The number of rotatable bonds is 31. The largest absolute Gasteiger partial charge is 0.479 e. The van der Waals surface area contributed by atoms with E-state index in [4.69, 9.17) is 0 Å². The highest BCUT2D eigenvalue weighted by atomic mass is 16.4. The molecule has 0 saturated carbocycles. The minimum Gasteiger partial charge on any atom is -0.479 e. The minimum absolute atomic E-state index is 0.0149. The molecule has 0 aliphatic carbocycles. The fourth-order valence-electron chi connectivity index (χ4n) is 7.37. The number of likely N-dealkylation sites (tertiary alicyclic amines) is 1. The molecule has 1 saturated heterocycles. The number of carbonyl (C=O) groups is 4. The molecule has 1 aliphatic rings. The summed E-state index contributed by atoms with van der Waals surface area (Å²) >= 11 is 0. The first kappa shape index (κ1) is 42.3. The predicted octanol–water partition coefficient (Wildman–Crippen LogP) is 9.89. The fraction of sp³-hybridized carbons (Fsp3) is 0.897. The lowest BCUT2D eigenvalue weighted by atomic mass is 9.72. The average molecular weight is 650 g/mol. The molecule has 0 spiro atoms. The zero-order chi connectivity index (χ0) is 34.1. The summed E-state index contributed by atoms with van der Waals surface area (Å²) in [5.74, 6) is -3.55. The number of carboxylic acid groups (broad SMARTS) is 1. The van der Waals surface area contributed by atoms with E-state index in [9.17, 15) is 29.4 Å². The Bertz CT molecular complexity index is 859. The third-order valence-electron chi connectivity index (χ3n) is 10.3. The third-order valence-corrected chi connectivity index (χ3v) is 10.3. The van der Waals surface area contributed by atoms with Gasteiger partial charge in [0, 0.05) is 32.7 Å². The Morgan fingerprint density at radius 1 is 0.522 bits per heavy atom. The average Bonchev–Trinajstić information content (AvgIpc) is 3.37. The summed E-state index contributed by atoms with van der Waals surface area (Å²) in [5.41, 5.74) is -4.93. The van der Waals surface area contributed by atoms with Gasteiger partial charge in [-0.15, -0.1) is 0 Å². The van der Waals surface area contributed by atoms with Crippen LogP contribution in [0.5, 0.6) is 0 Å². The molecule has 7 nitrogen and oxygen atoms in total. The Hall–Kier alpha value is -1.76. The molecular weight excluding hydrogens is 578 g/mol. The van der Waals surface area contributed by atoms with Crippen molar-refractivity contribution in [2.45, 2.75) is 218 Å². The molecular formula is C39H71NO6. The first-order valence-electron chi connectivity index (χ1n) is 19.5. The first-order chi connectivity index (χ1) is 22.2. The number of carbonyl (C=O) groups excluding carboxylic acids is 3. The summed E-state index contributed by atoms with van der Waals surface area (Å²) in [6.45, 7) is 5.56. The molecule has 268 valence electrons. The van der Waals surface area contributed by atoms with Crippen LogP contribution in [0.4, 0.5) is 0 Å². The summed E-state index contributed by atoms with van der Waals surface area (Å²) in [4.78, 5) is 53.4. The van der Waals surface area contributed by atoms with Crippen LogP contribution in [0.15, 0.2) is 0 Å². The Morgan fingerprint density at radius 3 is 1.13 bits per heavy atom. The van der Waals surface area contributed by atoms with E-state index in [1.54, 1.807) is 0 Å². The molecule has 0 bridgehead atoms. The molecule has 0 aromatic carbocycles. The molecule has 1 heterocycles. The number of ketones is 2. The number of aliphatic hydroxyl groups is 1. The second-order valence-electron chi connectivity index (χ2n) is 14.1. The van der Waals surface area contributed by atoms with Gasteiger partial charge in [0.25, 0.3) is 0 Å². The molecule has 7 heteroatoms. The molecule has 1 fully saturated rings. The van der Waals surface area contributed by atoms with Crippen molar-refractivity contribution in [2.75, 3.05) is 6.54 Å². The van der Waals surface area contributed by atoms with Crippen molar-refractivity contribution in [3.05, 3.63) is 0 Å². The van der Waals surface area contributed by atoms with Crippen LogP contribution in [0.3, 0.4) is 0 Å². The van der Waals surface area contributed by atoms with Gasteiger partial charge >= 0.3 is 5.97 Å². The Morgan fingerprint density at radius 2 is 0.826 bits per heavy atom. The number of Topliss-reactive ketones (excluding diaryl/α,β-unsaturated/α-hetero) is 2. The van der Waals surface area contributed by atoms with Gasteiger partial charge < -0.3 is 15.1 Å². The van der Waals surface area contributed by atoms with E-state index >= 15 is 0 Å². The Labute approximate surface area is 282 Å². The van der Waals surface area contributed by atoms with Crippen LogP contribution < -0.4 is 0 Å². The lowest BCUT2D eigenvalue weighted by Gasteiger charge is -2.41. The molecule has 2 atom stereocenters. The van der Waals surface area contributed by atoms with Gasteiger partial charge in [-0.25, -0.2) is 4.79 Å². The maximum absolute atomic E-state index is 13.6. The smallest absolute Gasteiger partial charge is 0.341 e. The summed E-state index contributed by atoms with van der Waals surface area (Å²) in [6, 6.07) is 0. The molecule has 1 rings (SSSR count). The SMILES string of the molecule is CCCCCCCCCCCCCCCC(=O)C1(O)CCN(C(C)=O)[C@@]1(C(=O)O)C(=O)CCCCCCCCCCCCCCC. The van der Waals surface area contributed by atoms with Crippen LogP contribution >= 0.6 is 0 Å². The number of hydrogen-bond donors (Lipinski definition) is 2. The highest BCUT2D eigenvalue weighted by molar-refractivity contribution is 6.17. The Balaban J connectivity index is 2.49. The van der Waals surface area contributed by atoms with E-state index < -0.39 is 34.6 Å². The maximum atomic E-state index is 13.6. The summed E-state index contributed by atoms with van der Waals surface area (Å²) in [5, 5.41) is 22.1. The van der Waals surface area contributed by atoms with Gasteiger partial charge in [-0.3, -0.25) is 14.4 Å². The van der Waals surface area contributed by atoms with Gasteiger partial charge in [0.1, 0.15) is 0 Å². The maximum Gasteiger partial charge on any atom is 0.341 e. The van der Waals surface area contributed by atoms with Gasteiger partial charge in [0.15, 0.2) is 17.2 Å². The first-order valence-corrected chi connectivity index (χ1v) is 19.5. The monoisotopic (exact) mass is 650 g/mol. The van der Waals surface area contributed by atoms with Crippen molar-refractivity contribution in [3.63, 3.8) is 0 Å². The van der Waals surface area contributed by atoms with E-state index in [2.05, 4.69) is 13.8 Å². The molecule has 1 amide bonds. The molecule has 0 aromatic heterocycles. The zero-order valence-corrected chi connectivity index (χ0v) is 30.2. The second kappa shape index (κ2) is 25.3. The Kier molecular flexibility index (Phi) is 23.2. The molecule has 2 N–H and O–H groups in total. The van der Waals surface area contributed by atoms with Gasteiger partial charge in [0.05, 0.1) is 0 Å². The van der Waals surface area contributed by atoms with Gasteiger partial charge in [-0.2, -0.15) is 0 Å². The highest BCUT2D eigenvalue weighted by Crippen LogP contribution is 2.43. The predicted molar refractivity (Wildman–Crippen MR) is 188 cm³/mol. The van der Waals surface area contributed by atoms with Crippen LogP contribution in [-0.2, 0) is 19.2 Å². The zero-order valence-electron chi connectivity index (χ0n) is 30.2. The fourth-order valence-corrected chi connectivity index (χ4v) is 7.37. The number of unbranched alkanes of at least 4 members (excludes halogenated alkanes) is 24. The molecule has 46 heavy (non-hydrogen) atoms. The van der Waals surface area contributed by atoms with Crippen LogP contribution in [0.1, 0.15) is 207 Å². The normalized spacial score (nSPS) is 19.5. The minimum atomic E-state index is -2.54. The van der Waals surface area contributed by atoms with E-state index in [-0.39, 0.29) is 25.8 Å². The van der Waals surface area contributed by atoms with E-state index in [0.29, 0.717) is 12.8 Å². The lowest BCUT2D eigenvalue weighted by Crippen LogP contribution is -2.71. The van der Waals surface area contributed by atoms with E-state index in [1.165, 1.54) is 116 Å². The standard InChI is InChI=1S/C39H71NO6/c1-4-6-8-10-12-14-16-18-20-22-24-26-28-30-35(42)38(46)32-33-40(34(3)41)39(38,37(44)45)36(43)31-29-27-25-23-21-19-17-15-13-11-9-7-5-2/h46H,4-33H2,1-3H3,(H,44,45)/t38?,39-/m1/s1. The van der Waals surface area contributed by atoms with Crippen LogP contribution in [0.2, 0.25) is 0 Å². The summed E-state index contributed by atoms with van der Waals surface area (Å²) in [6.07, 6.45) is 29.6. The number of amides is 1. The topological polar surface area (TPSA) is 112 Å². The third kappa shape index (κ3) is 14.2. The quantitative estimate of drug-likeness (QED) is 0.0571. The molecule has 0 aromatic rings. The number of nitrogens with zero attached hydrogens (tertiary/aromatic N) is 1. The van der Waals surface area contributed by atoms with Gasteiger partial charge in [0.2, 0.25) is 11.4 Å². The van der Waals surface area contributed by atoms with Crippen LogP contribution in [0, 0.1) is 0 Å². The van der Waals surface area contributed by atoms with Crippen molar-refractivity contribution in [1.29, 1.82) is 0 Å². The van der Waals surface area contributed by atoms with Crippen molar-refractivity contribution in [1.82, 2.24) is 4.90 Å². The summed E-state index contributed by atoms with van der Waals surface area (Å²) in [7, 11) is 0. The molecule has 1 unspecified atom stereocenters. The van der Waals surface area contributed by atoms with Crippen molar-refractivity contribution in [3.8, 4) is 0 Å². The number of carboxylic acids is 1. The van der Waals surface area contributed by atoms with Gasteiger partial charge in [-0.05, 0) is 12.8 Å². The van der Waals surface area contributed by atoms with Crippen molar-refractivity contribution >= 4 is 23.4 Å². The number of hydrogen-bond acceptors (Lipinski definition) is 5. The molecule has 0 radical (unpaired) electrons. The summed E-state index contributed by atoms with van der Waals surface area (Å²) < 4.78 is 0.